The Balaban J connectivity index is 1.51. The van der Waals surface area contributed by atoms with Crippen molar-refractivity contribution in [1.82, 2.24) is 4.98 Å². The summed E-state index contributed by atoms with van der Waals surface area (Å²) in [7, 11) is 0. The van der Waals surface area contributed by atoms with E-state index in [-0.39, 0.29) is 0 Å². The first-order valence-electron chi connectivity index (χ1n) is 15.0. The minimum Gasteiger partial charge on any atom is -0.379 e. The molecular formula is C40H38N2. The molecule has 0 saturated carbocycles. The molecule has 0 unspecified atom stereocenters. The van der Waals surface area contributed by atoms with E-state index in [9.17, 15) is 0 Å². The highest BCUT2D eigenvalue weighted by Gasteiger charge is 2.18. The van der Waals surface area contributed by atoms with E-state index >= 15 is 0 Å². The molecule has 2 heteroatoms. The summed E-state index contributed by atoms with van der Waals surface area (Å²) in [5.74, 6) is 0.832. The first kappa shape index (κ1) is 27.5. The van der Waals surface area contributed by atoms with E-state index in [1.165, 1.54) is 44.3 Å². The summed E-state index contributed by atoms with van der Waals surface area (Å²) in [5, 5.41) is 6.33. The van der Waals surface area contributed by atoms with Gasteiger partial charge in [0.2, 0.25) is 0 Å². The molecule has 0 spiro atoms. The Hall–Kier alpha value is -4.69. The van der Waals surface area contributed by atoms with E-state index in [2.05, 4.69) is 160 Å². The Morgan fingerprint density at radius 3 is 1.86 bits per heavy atom. The number of pyridine rings is 1. The fraction of sp³-hybridized carbons (Fsp3) is 0.175. The number of fused-ring (bicyclic) bond motifs is 1. The van der Waals surface area contributed by atoms with Crippen molar-refractivity contribution in [2.45, 2.75) is 46.1 Å². The molecule has 6 rings (SSSR count). The molecule has 0 aliphatic carbocycles. The van der Waals surface area contributed by atoms with Crippen LogP contribution < -0.4 is 5.32 Å². The van der Waals surface area contributed by atoms with Crippen LogP contribution in [-0.2, 0) is 6.54 Å². The molecule has 1 heterocycles. The molecule has 0 bridgehead atoms. The normalized spacial score (nSPS) is 11.4. The van der Waals surface area contributed by atoms with Crippen molar-refractivity contribution < 1.29 is 0 Å². The number of para-hydroxylation sites is 1. The second-order valence-electron chi connectivity index (χ2n) is 11.6. The Kier molecular flexibility index (Phi) is 7.88. The predicted molar refractivity (Wildman–Crippen MR) is 180 cm³/mol. The van der Waals surface area contributed by atoms with E-state index in [4.69, 9.17) is 4.98 Å². The summed E-state index contributed by atoms with van der Waals surface area (Å²) in [4.78, 5) is 5.41. The maximum absolute atomic E-state index is 5.41. The lowest BCUT2D eigenvalue weighted by Crippen LogP contribution is -2.10. The molecule has 2 nitrogen and oxygen atoms in total. The lowest BCUT2D eigenvalue weighted by molar-refractivity contribution is 0.831. The van der Waals surface area contributed by atoms with Gasteiger partial charge >= 0.3 is 0 Å². The zero-order valence-electron chi connectivity index (χ0n) is 24.9. The van der Waals surface area contributed by atoms with Crippen molar-refractivity contribution in [1.29, 1.82) is 0 Å². The van der Waals surface area contributed by atoms with Crippen LogP contribution in [0.3, 0.4) is 0 Å². The van der Waals surface area contributed by atoms with Crippen molar-refractivity contribution in [3.05, 3.63) is 144 Å². The van der Waals surface area contributed by atoms with Gasteiger partial charge in [0, 0.05) is 16.8 Å². The number of hydrogen-bond donors (Lipinski definition) is 1. The van der Waals surface area contributed by atoms with Gasteiger partial charge < -0.3 is 5.32 Å². The molecule has 0 aliphatic rings. The Morgan fingerprint density at radius 1 is 0.524 bits per heavy atom. The fourth-order valence-corrected chi connectivity index (χ4v) is 5.99. The van der Waals surface area contributed by atoms with Gasteiger partial charge in [-0.3, -0.25) is 4.98 Å². The smallest absolute Gasteiger partial charge is 0.0712 e. The van der Waals surface area contributed by atoms with E-state index in [1.807, 2.05) is 0 Å². The Bertz CT molecular complexity index is 1800. The van der Waals surface area contributed by atoms with Crippen LogP contribution in [0.5, 0.6) is 0 Å². The second kappa shape index (κ2) is 12.0. The van der Waals surface area contributed by atoms with E-state index in [0.717, 1.165) is 22.5 Å². The number of benzene rings is 5. The standard InChI is InChI=1S/C40H38N2/c1-27(2)31-21-13-22-32(28(3)4)40(31)41-26-39-37(35-20-11-10-18-33(35)29-14-6-5-7-15-29)24-25-38(42-39)36-23-12-17-30-16-8-9-19-34(30)36/h5-25,27-28,41H,26H2,1-4H3. The third kappa shape index (κ3) is 5.45. The summed E-state index contributed by atoms with van der Waals surface area (Å²) >= 11 is 0. The van der Waals surface area contributed by atoms with Gasteiger partial charge in [-0.25, -0.2) is 0 Å². The first-order chi connectivity index (χ1) is 20.5. The summed E-state index contributed by atoms with van der Waals surface area (Å²) in [6.45, 7) is 9.70. The minimum absolute atomic E-state index is 0.416. The maximum atomic E-state index is 5.41. The topological polar surface area (TPSA) is 24.9 Å². The van der Waals surface area contributed by atoms with Crippen molar-refractivity contribution in [3.63, 3.8) is 0 Å². The molecule has 5 aromatic carbocycles. The van der Waals surface area contributed by atoms with E-state index in [1.54, 1.807) is 0 Å². The third-order valence-electron chi connectivity index (χ3n) is 8.15. The van der Waals surface area contributed by atoms with Crippen LogP contribution >= 0.6 is 0 Å². The lowest BCUT2D eigenvalue weighted by Gasteiger charge is -2.22. The van der Waals surface area contributed by atoms with Gasteiger partial charge in [-0.15, -0.1) is 0 Å². The van der Waals surface area contributed by atoms with Crippen molar-refractivity contribution in [3.8, 4) is 33.5 Å². The van der Waals surface area contributed by atoms with Crippen LogP contribution in [-0.4, -0.2) is 4.98 Å². The number of nitrogens with zero attached hydrogens (tertiary/aromatic N) is 1. The quantitative estimate of drug-likeness (QED) is 0.205. The number of nitrogens with one attached hydrogen (secondary N) is 1. The van der Waals surface area contributed by atoms with Crippen molar-refractivity contribution in [2.75, 3.05) is 5.32 Å². The number of aromatic nitrogens is 1. The van der Waals surface area contributed by atoms with Gasteiger partial charge in [0.05, 0.1) is 17.9 Å². The molecule has 0 radical (unpaired) electrons. The van der Waals surface area contributed by atoms with E-state index in [0.29, 0.717) is 18.4 Å². The summed E-state index contributed by atoms with van der Waals surface area (Å²) in [6, 6.07) is 45.5. The first-order valence-corrected chi connectivity index (χ1v) is 15.0. The van der Waals surface area contributed by atoms with Crippen LogP contribution in [0.25, 0.3) is 44.3 Å². The molecule has 6 aromatic rings. The molecule has 1 N–H and O–H groups in total. The molecule has 0 aliphatic heterocycles. The SMILES string of the molecule is CC(C)c1cccc(C(C)C)c1NCc1nc(-c2cccc3ccccc23)ccc1-c1ccccc1-c1ccccc1. The van der Waals surface area contributed by atoms with Gasteiger partial charge in [-0.05, 0) is 56.5 Å². The molecule has 0 amide bonds. The molecule has 42 heavy (non-hydrogen) atoms. The monoisotopic (exact) mass is 546 g/mol. The van der Waals surface area contributed by atoms with Crippen LogP contribution in [0, 0.1) is 0 Å². The highest BCUT2D eigenvalue weighted by molar-refractivity contribution is 5.96. The zero-order chi connectivity index (χ0) is 29.1. The molecule has 0 fully saturated rings. The van der Waals surface area contributed by atoms with Gasteiger partial charge in [0.25, 0.3) is 0 Å². The average molecular weight is 547 g/mol. The van der Waals surface area contributed by atoms with Gasteiger partial charge in [-0.1, -0.05) is 149 Å². The highest BCUT2D eigenvalue weighted by Crippen LogP contribution is 2.37. The fourth-order valence-electron chi connectivity index (χ4n) is 5.99. The van der Waals surface area contributed by atoms with Crippen LogP contribution in [0.2, 0.25) is 0 Å². The van der Waals surface area contributed by atoms with Crippen molar-refractivity contribution >= 4 is 16.5 Å². The molecule has 1 aromatic heterocycles. The van der Waals surface area contributed by atoms with Crippen molar-refractivity contribution in [2.24, 2.45) is 0 Å². The molecule has 0 saturated heterocycles. The van der Waals surface area contributed by atoms with Gasteiger partial charge in [-0.2, -0.15) is 0 Å². The van der Waals surface area contributed by atoms with Gasteiger partial charge in [0.1, 0.15) is 0 Å². The highest BCUT2D eigenvalue weighted by atomic mass is 14.9. The maximum Gasteiger partial charge on any atom is 0.0712 e. The third-order valence-corrected chi connectivity index (χ3v) is 8.15. The number of rotatable bonds is 8. The number of hydrogen-bond acceptors (Lipinski definition) is 2. The summed E-state index contributed by atoms with van der Waals surface area (Å²) < 4.78 is 0. The molecular weight excluding hydrogens is 508 g/mol. The van der Waals surface area contributed by atoms with Crippen LogP contribution in [0.4, 0.5) is 5.69 Å². The lowest BCUT2D eigenvalue weighted by atomic mass is 9.91. The van der Waals surface area contributed by atoms with Crippen LogP contribution in [0.15, 0.2) is 127 Å². The minimum atomic E-state index is 0.416. The zero-order valence-corrected chi connectivity index (χ0v) is 24.9. The Labute approximate surface area is 250 Å². The largest absolute Gasteiger partial charge is 0.379 e. The number of anilines is 1. The second-order valence-corrected chi connectivity index (χ2v) is 11.6. The molecule has 208 valence electrons. The predicted octanol–water partition coefficient (Wildman–Crippen LogP) is 11.1. The van der Waals surface area contributed by atoms with Gasteiger partial charge in [0.15, 0.2) is 0 Å². The average Bonchev–Trinajstić information content (AvgIpc) is 3.03. The van der Waals surface area contributed by atoms with E-state index < -0.39 is 0 Å². The van der Waals surface area contributed by atoms with Crippen LogP contribution in [0.1, 0.15) is 56.4 Å². The summed E-state index contributed by atoms with van der Waals surface area (Å²) in [5.41, 5.74) is 11.9. The summed E-state index contributed by atoms with van der Waals surface area (Å²) in [6.07, 6.45) is 0. The molecule has 0 atom stereocenters. The Morgan fingerprint density at radius 2 is 1.12 bits per heavy atom.